The quantitative estimate of drug-likeness (QED) is 0.180. The van der Waals surface area contributed by atoms with Gasteiger partial charge in [0.1, 0.15) is 41.3 Å². The molecule has 4 saturated heterocycles. The Bertz CT molecular complexity index is 2220. The first-order valence-corrected chi connectivity index (χ1v) is 18.3. The van der Waals surface area contributed by atoms with Crippen LogP contribution < -0.4 is 19.9 Å². The smallest absolute Gasteiger partial charge is 0.410 e. The largest absolute Gasteiger partial charge is 0.467 e. The van der Waals surface area contributed by atoms with Gasteiger partial charge in [0, 0.05) is 44.6 Å². The maximum absolute atomic E-state index is 15.1. The fraction of sp³-hybridized carbons (Fsp3) is 0.513. The van der Waals surface area contributed by atoms with Gasteiger partial charge in [-0.3, -0.25) is 14.6 Å². The molecule has 4 aromatic rings. The minimum atomic E-state index is -0.951. The van der Waals surface area contributed by atoms with Crippen LogP contribution in [0.4, 0.5) is 19.4 Å². The standard InChI is InChI=1S/C39H43F2N7O6/c1-6-28-30(41)11-8-23-14-27(53-22-51-5)15-31(32(23)28)48-35(49)33-29(17-42-48)34(44-36(43-33)52-21-39-12-7-13-46(39)18-24(40)16-39)45-19-25-9-10-26(20-45)47(25)37(50)54-38(2,3)4/h1,8,11,14-15,17,24-26H,7,9-10,12-13,16,18-22H2,2-5H3/t24-,25?,26?,39+/m1/s1. The number of halogens is 2. The molecule has 4 atom stereocenters. The van der Waals surface area contributed by atoms with E-state index in [0.717, 1.165) is 36.9 Å². The van der Waals surface area contributed by atoms with Gasteiger partial charge in [-0.2, -0.15) is 19.7 Å². The molecular formula is C39H43F2N7O6. The predicted octanol–water partition coefficient (Wildman–Crippen LogP) is 4.98. The van der Waals surface area contributed by atoms with Gasteiger partial charge >= 0.3 is 12.1 Å². The highest BCUT2D eigenvalue weighted by molar-refractivity contribution is 5.97. The summed E-state index contributed by atoms with van der Waals surface area (Å²) >= 11 is 0. The van der Waals surface area contributed by atoms with E-state index in [1.54, 1.807) is 18.2 Å². The van der Waals surface area contributed by atoms with Crippen LogP contribution in [0.1, 0.15) is 58.4 Å². The first-order valence-electron chi connectivity index (χ1n) is 18.3. The fourth-order valence-electron chi connectivity index (χ4n) is 8.71. The Hall–Kier alpha value is -5.07. The van der Waals surface area contributed by atoms with Crippen LogP contribution >= 0.6 is 0 Å². The van der Waals surface area contributed by atoms with Crippen molar-refractivity contribution in [2.75, 3.05) is 51.6 Å². The Labute approximate surface area is 311 Å². The molecule has 54 heavy (non-hydrogen) atoms. The number of nitrogens with zero attached hydrogens (tertiary/aromatic N) is 7. The van der Waals surface area contributed by atoms with Crippen molar-refractivity contribution >= 4 is 33.6 Å². The van der Waals surface area contributed by atoms with Crippen molar-refractivity contribution in [3.63, 3.8) is 0 Å². The van der Waals surface area contributed by atoms with Crippen molar-refractivity contribution in [3.8, 4) is 29.8 Å². The topological polar surface area (TPSA) is 124 Å². The van der Waals surface area contributed by atoms with Gasteiger partial charge in [-0.05, 0) is 70.5 Å². The molecule has 1 amide bonds. The Morgan fingerprint density at radius 2 is 1.89 bits per heavy atom. The van der Waals surface area contributed by atoms with E-state index in [1.165, 1.54) is 19.4 Å². The number of amides is 1. The number of ether oxygens (including phenoxy) is 4. The molecule has 6 heterocycles. The molecule has 4 fully saturated rings. The zero-order chi connectivity index (χ0) is 37.9. The van der Waals surface area contributed by atoms with E-state index in [9.17, 15) is 14.0 Å². The summed E-state index contributed by atoms with van der Waals surface area (Å²) in [7, 11) is 1.48. The molecule has 284 valence electrons. The van der Waals surface area contributed by atoms with E-state index in [-0.39, 0.29) is 54.4 Å². The molecular weight excluding hydrogens is 700 g/mol. The van der Waals surface area contributed by atoms with Crippen molar-refractivity contribution in [2.24, 2.45) is 0 Å². The second-order valence-corrected chi connectivity index (χ2v) is 15.7. The van der Waals surface area contributed by atoms with Gasteiger partial charge < -0.3 is 23.8 Å². The summed E-state index contributed by atoms with van der Waals surface area (Å²) in [6.07, 6.45) is 9.62. The fourth-order valence-corrected chi connectivity index (χ4v) is 8.71. The average Bonchev–Trinajstić information content (AvgIpc) is 3.75. The van der Waals surface area contributed by atoms with Crippen LogP contribution in [0, 0.1) is 18.2 Å². The Morgan fingerprint density at radius 3 is 2.61 bits per heavy atom. The van der Waals surface area contributed by atoms with E-state index in [4.69, 9.17) is 30.4 Å². The third-order valence-corrected chi connectivity index (χ3v) is 11.0. The minimum absolute atomic E-state index is 0.0116. The monoisotopic (exact) mass is 743 g/mol. The molecule has 2 bridgehead atoms. The Kier molecular flexibility index (Phi) is 9.09. The summed E-state index contributed by atoms with van der Waals surface area (Å²) in [5.41, 5.74) is -1.59. The van der Waals surface area contributed by atoms with Crippen LogP contribution in [0.15, 0.2) is 35.3 Å². The van der Waals surface area contributed by atoms with Crippen molar-refractivity contribution in [1.29, 1.82) is 0 Å². The second-order valence-electron chi connectivity index (χ2n) is 15.7. The van der Waals surface area contributed by atoms with Gasteiger partial charge in [0.2, 0.25) is 0 Å². The third kappa shape index (κ3) is 6.34. The normalized spacial score (nSPS) is 23.9. The zero-order valence-corrected chi connectivity index (χ0v) is 30.8. The van der Waals surface area contributed by atoms with E-state index in [0.29, 0.717) is 53.8 Å². The number of fused-ring (bicyclic) bond motifs is 5. The summed E-state index contributed by atoms with van der Waals surface area (Å²) in [6, 6.07) is 5.71. The number of carbonyl (C=O) groups is 1. The molecule has 2 aromatic heterocycles. The number of terminal acetylenes is 1. The molecule has 4 aliphatic heterocycles. The van der Waals surface area contributed by atoms with E-state index < -0.39 is 28.7 Å². The molecule has 8 rings (SSSR count). The van der Waals surface area contributed by atoms with Crippen LogP contribution in [0.2, 0.25) is 0 Å². The lowest BCUT2D eigenvalue weighted by Gasteiger charge is -2.42. The maximum Gasteiger partial charge on any atom is 0.410 e. The molecule has 2 aromatic carbocycles. The summed E-state index contributed by atoms with van der Waals surface area (Å²) < 4.78 is 53.8. The van der Waals surface area contributed by atoms with Crippen LogP contribution in [-0.4, -0.2) is 112 Å². The van der Waals surface area contributed by atoms with Gasteiger partial charge in [-0.15, -0.1) is 6.42 Å². The lowest BCUT2D eigenvalue weighted by Crippen LogP contribution is -2.57. The number of hydrogen-bond acceptors (Lipinski definition) is 11. The molecule has 0 saturated carbocycles. The Morgan fingerprint density at radius 1 is 1.11 bits per heavy atom. The number of rotatable bonds is 8. The van der Waals surface area contributed by atoms with Crippen molar-refractivity contribution in [2.45, 2.75) is 82.3 Å². The lowest BCUT2D eigenvalue weighted by atomic mass is 9.95. The highest BCUT2D eigenvalue weighted by atomic mass is 19.1. The molecule has 2 unspecified atom stereocenters. The van der Waals surface area contributed by atoms with Gasteiger partial charge in [0.05, 0.1) is 40.5 Å². The lowest BCUT2D eigenvalue weighted by molar-refractivity contribution is 0.0122. The number of carbonyl (C=O) groups excluding carboxylic acids is 1. The van der Waals surface area contributed by atoms with Crippen LogP contribution in [0.3, 0.4) is 0 Å². The number of aromatic nitrogens is 4. The predicted molar refractivity (Wildman–Crippen MR) is 196 cm³/mol. The minimum Gasteiger partial charge on any atom is -0.467 e. The highest BCUT2D eigenvalue weighted by Crippen LogP contribution is 2.41. The summed E-state index contributed by atoms with van der Waals surface area (Å²) in [5, 5.41) is 5.77. The number of piperazine rings is 1. The molecule has 4 aliphatic rings. The van der Waals surface area contributed by atoms with E-state index in [1.807, 2.05) is 30.6 Å². The number of anilines is 1. The molecule has 0 radical (unpaired) electrons. The van der Waals surface area contributed by atoms with Crippen molar-refractivity contribution < 1.29 is 32.5 Å². The first kappa shape index (κ1) is 35.9. The Balaban J connectivity index is 1.24. The van der Waals surface area contributed by atoms with E-state index in [2.05, 4.69) is 20.9 Å². The summed E-state index contributed by atoms with van der Waals surface area (Å²) in [5.74, 6) is 2.57. The van der Waals surface area contributed by atoms with Gasteiger partial charge in [0.15, 0.2) is 6.79 Å². The SMILES string of the molecule is C#Cc1c(F)ccc2cc(OCOC)cc(-n3ncc4c(N5CC6CCC(C5)N6C(=O)OC(C)(C)C)nc(OC[C@@]56CCCN5C[C@H](F)C6)nc4c3=O)c12. The second kappa shape index (κ2) is 13.7. The molecule has 0 spiro atoms. The number of alkyl halides is 1. The first-order chi connectivity index (χ1) is 25.9. The number of methoxy groups -OCH3 is 1. The highest BCUT2D eigenvalue weighted by Gasteiger charge is 2.50. The van der Waals surface area contributed by atoms with Crippen LogP contribution in [0.25, 0.3) is 27.4 Å². The summed E-state index contributed by atoms with van der Waals surface area (Å²) in [4.78, 5) is 43.5. The number of benzene rings is 2. The molecule has 0 N–H and O–H groups in total. The van der Waals surface area contributed by atoms with E-state index >= 15 is 4.39 Å². The third-order valence-electron chi connectivity index (χ3n) is 11.0. The van der Waals surface area contributed by atoms with Crippen molar-refractivity contribution in [3.05, 3.63) is 52.2 Å². The van der Waals surface area contributed by atoms with Crippen LogP contribution in [0.5, 0.6) is 11.8 Å². The molecule has 0 aliphatic carbocycles. The van der Waals surface area contributed by atoms with Gasteiger partial charge in [0.25, 0.3) is 5.56 Å². The van der Waals surface area contributed by atoms with Crippen molar-refractivity contribution in [1.82, 2.24) is 29.5 Å². The molecule has 13 nitrogen and oxygen atoms in total. The van der Waals surface area contributed by atoms with Crippen LogP contribution in [-0.2, 0) is 9.47 Å². The number of hydrogen-bond donors (Lipinski definition) is 0. The average molecular weight is 744 g/mol. The maximum atomic E-state index is 15.1. The van der Waals surface area contributed by atoms with Gasteiger partial charge in [-0.25, -0.2) is 13.6 Å². The summed E-state index contributed by atoms with van der Waals surface area (Å²) in [6.45, 7) is 7.62. The van der Waals surface area contributed by atoms with Gasteiger partial charge in [-0.1, -0.05) is 12.0 Å². The zero-order valence-electron chi connectivity index (χ0n) is 30.8. The molecule has 15 heteroatoms.